The number of sulfonamides is 1. The molecule has 0 aliphatic heterocycles. The average molecular weight is 375 g/mol. The topological polar surface area (TPSA) is 75.3 Å². The van der Waals surface area contributed by atoms with E-state index in [9.17, 15) is 13.2 Å². The van der Waals surface area contributed by atoms with E-state index in [0.717, 1.165) is 12.0 Å². The van der Waals surface area contributed by atoms with Gasteiger partial charge in [0.2, 0.25) is 10.0 Å². The van der Waals surface area contributed by atoms with Crippen LogP contribution in [-0.2, 0) is 28.7 Å². The van der Waals surface area contributed by atoms with Crippen molar-refractivity contribution in [1.29, 1.82) is 0 Å². The van der Waals surface area contributed by atoms with Gasteiger partial charge in [0.15, 0.2) is 0 Å². The van der Waals surface area contributed by atoms with E-state index in [0.29, 0.717) is 17.0 Å². The quantitative estimate of drug-likeness (QED) is 0.746. The van der Waals surface area contributed by atoms with Crippen molar-refractivity contribution in [2.45, 2.75) is 32.6 Å². The van der Waals surface area contributed by atoms with Gasteiger partial charge in [-0.15, -0.1) is 0 Å². The van der Waals surface area contributed by atoms with Gasteiger partial charge in [0.1, 0.15) is 0 Å². The minimum Gasteiger partial charge on any atom is -0.348 e. The maximum Gasteiger partial charge on any atom is 0.251 e. The molecule has 0 saturated heterocycles. The summed E-state index contributed by atoms with van der Waals surface area (Å²) in [5, 5.41) is 2.87. The zero-order valence-electron chi connectivity index (χ0n) is 15.5. The molecule has 0 aromatic heterocycles. The van der Waals surface area contributed by atoms with Gasteiger partial charge in [-0.1, -0.05) is 50.2 Å². The van der Waals surface area contributed by atoms with Crippen LogP contribution in [0.15, 0.2) is 48.5 Å². The van der Waals surface area contributed by atoms with Crippen LogP contribution in [0.3, 0.4) is 0 Å². The Morgan fingerprint density at radius 2 is 1.62 bits per heavy atom. The molecular formula is C20H26N2O3S. The molecule has 1 amide bonds. The van der Waals surface area contributed by atoms with Crippen molar-refractivity contribution in [1.82, 2.24) is 10.0 Å². The molecule has 6 heteroatoms. The second kappa shape index (κ2) is 8.96. The normalized spacial score (nSPS) is 11.5. The summed E-state index contributed by atoms with van der Waals surface area (Å²) < 4.78 is 25.9. The van der Waals surface area contributed by atoms with E-state index in [2.05, 4.69) is 23.9 Å². The first kappa shape index (κ1) is 20.1. The second-order valence-electron chi connectivity index (χ2n) is 6.71. The SMILES string of the molecule is CNS(=O)(=O)Cc1ccccc1CNC(=O)c1ccc(CC(C)C)cc1. The van der Waals surface area contributed by atoms with Crippen LogP contribution >= 0.6 is 0 Å². The monoisotopic (exact) mass is 374 g/mol. The Labute approximate surface area is 155 Å². The Balaban J connectivity index is 2.03. The van der Waals surface area contributed by atoms with E-state index in [4.69, 9.17) is 0 Å². The summed E-state index contributed by atoms with van der Waals surface area (Å²) in [5.74, 6) is 0.284. The highest BCUT2D eigenvalue weighted by Crippen LogP contribution is 2.13. The zero-order chi connectivity index (χ0) is 19.2. The molecule has 0 unspecified atom stereocenters. The number of rotatable bonds is 8. The Hall–Kier alpha value is -2.18. The maximum atomic E-state index is 12.4. The second-order valence-corrected chi connectivity index (χ2v) is 8.64. The molecule has 0 spiro atoms. The first-order valence-electron chi connectivity index (χ1n) is 8.66. The summed E-state index contributed by atoms with van der Waals surface area (Å²) >= 11 is 0. The molecule has 26 heavy (non-hydrogen) atoms. The van der Waals surface area contributed by atoms with E-state index in [1.807, 2.05) is 36.4 Å². The van der Waals surface area contributed by atoms with Gasteiger partial charge in [-0.3, -0.25) is 4.79 Å². The Morgan fingerprint density at radius 3 is 2.19 bits per heavy atom. The molecular weight excluding hydrogens is 348 g/mol. The maximum absolute atomic E-state index is 12.4. The first-order chi connectivity index (χ1) is 12.3. The lowest BCUT2D eigenvalue weighted by molar-refractivity contribution is 0.0951. The third kappa shape index (κ3) is 5.97. The van der Waals surface area contributed by atoms with Crippen molar-refractivity contribution in [2.75, 3.05) is 7.05 Å². The number of amides is 1. The third-order valence-electron chi connectivity index (χ3n) is 4.07. The van der Waals surface area contributed by atoms with E-state index in [-0.39, 0.29) is 18.2 Å². The molecule has 0 bridgehead atoms. The van der Waals surface area contributed by atoms with Gasteiger partial charge in [0.25, 0.3) is 5.91 Å². The predicted octanol–water partition coefficient (Wildman–Crippen LogP) is 2.86. The van der Waals surface area contributed by atoms with E-state index in [1.165, 1.54) is 12.6 Å². The van der Waals surface area contributed by atoms with Crippen LogP contribution in [0, 0.1) is 5.92 Å². The molecule has 0 fully saturated rings. The number of hydrogen-bond acceptors (Lipinski definition) is 3. The Kier molecular flexibility index (Phi) is 6.94. The van der Waals surface area contributed by atoms with E-state index in [1.54, 1.807) is 12.1 Å². The Bertz CT molecular complexity index is 844. The lowest BCUT2D eigenvalue weighted by Crippen LogP contribution is -2.25. The lowest BCUT2D eigenvalue weighted by atomic mass is 10.0. The minimum atomic E-state index is -3.36. The third-order valence-corrected chi connectivity index (χ3v) is 5.39. The van der Waals surface area contributed by atoms with Gasteiger partial charge in [0, 0.05) is 12.1 Å². The molecule has 140 valence electrons. The van der Waals surface area contributed by atoms with Crippen molar-refractivity contribution < 1.29 is 13.2 Å². The molecule has 0 aliphatic carbocycles. The van der Waals surface area contributed by atoms with E-state index >= 15 is 0 Å². The van der Waals surface area contributed by atoms with Gasteiger partial charge >= 0.3 is 0 Å². The fraction of sp³-hybridized carbons (Fsp3) is 0.350. The molecule has 0 heterocycles. The summed E-state index contributed by atoms with van der Waals surface area (Å²) in [6.45, 7) is 4.60. The zero-order valence-corrected chi connectivity index (χ0v) is 16.3. The van der Waals surface area contributed by atoms with Crippen LogP contribution in [0.4, 0.5) is 0 Å². The van der Waals surface area contributed by atoms with Crippen LogP contribution in [0.5, 0.6) is 0 Å². The highest BCUT2D eigenvalue weighted by Gasteiger charge is 2.13. The molecule has 0 atom stereocenters. The van der Waals surface area contributed by atoms with Crippen LogP contribution in [0.25, 0.3) is 0 Å². The number of hydrogen-bond donors (Lipinski definition) is 2. The van der Waals surface area contributed by atoms with Crippen molar-refractivity contribution in [3.05, 3.63) is 70.8 Å². The van der Waals surface area contributed by atoms with Crippen molar-refractivity contribution in [2.24, 2.45) is 5.92 Å². The van der Waals surface area contributed by atoms with Gasteiger partial charge in [-0.2, -0.15) is 0 Å². The summed E-state index contributed by atoms with van der Waals surface area (Å²) in [5.41, 5.74) is 3.27. The van der Waals surface area contributed by atoms with Gasteiger partial charge in [-0.05, 0) is 48.2 Å². The lowest BCUT2D eigenvalue weighted by Gasteiger charge is -2.11. The van der Waals surface area contributed by atoms with Crippen LogP contribution in [-0.4, -0.2) is 21.4 Å². The molecule has 2 aromatic rings. The smallest absolute Gasteiger partial charge is 0.251 e. The molecule has 2 N–H and O–H groups in total. The van der Waals surface area contributed by atoms with Crippen LogP contribution in [0.1, 0.15) is 40.9 Å². The van der Waals surface area contributed by atoms with Crippen molar-refractivity contribution in [3.8, 4) is 0 Å². The fourth-order valence-electron chi connectivity index (χ4n) is 2.69. The van der Waals surface area contributed by atoms with E-state index < -0.39 is 10.0 Å². The summed E-state index contributed by atoms with van der Waals surface area (Å²) in [6.07, 6.45) is 0.981. The standard InChI is InChI=1S/C20H26N2O3S/c1-15(2)12-16-8-10-17(11-9-16)20(23)22-13-18-6-4-5-7-19(18)14-26(24,25)21-3/h4-11,15,21H,12-14H2,1-3H3,(H,22,23). The average Bonchev–Trinajstić information content (AvgIpc) is 2.60. The summed E-state index contributed by atoms with van der Waals surface area (Å²) in [6, 6.07) is 14.8. The number of carbonyl (C=O) groups excluding carboxylic acids is 1. The molecule has 0 saturated carbocycles. The molecule has 2 rings (SSSR count). The number of carbonyl (C=O) groups is 1. The number of benzene rings is 2. The van der Waals surface area contributed by atoms with Gasteiger partial charge in [-0.25, -0.2) is 13.1 Å². The highest BCUT2D eigenvalue weighted by atomic mass is 32.2. The molecule has 5 nitrogen and oxygen atoms in total. The highest BCUT2D eigenvalue weighted by molar-refractivity contribution is 7.88. The van der Waals surface area contributed by atoms with Gasteiger partial charge in [0.05, 0.1) is 5.75 Å². The molecule has 0 radical (unpaired) electrons. The summed E-state index contributed by atoms with van der Waals surface area (Å²) in [7, 11) is -1.97. The number of nitrogens with one attached hydrogen (secondary N) is 2. The summed E-state index contributed by atoms with van der Waals surface area (Å²) in [4.78, 5) is 12.4. The van der Waals surface area contributed by atoms with Crippen molar-refractivity contribution in [3.63, 3.8) is 0 Å². The van der Waals surface area contributed by atoms with Gasteiger partial charge < -0.3 is 5.32 Å². The largest absolute Gasteiger partial charge is 0.348 e. The molecule has 2 aromatic carbocycles. The Morgan fingerprint density at radius 1 is 1.00 bits per heavy atom. The fourth-order valence-corrected chi connectivity index (χ4v) is 3.52. The first-order valence-corrected chi connectivity index (χ1v) is 10.3. The minimum absolute atomic E-state index is 0.112. The predicted molar refractivity (Wildman–Crippen MR) is 104 cm³/mol. The molecule has 0 aliphatic rings. The van der Waals surface area contributed by atoms with Crippen molar-refractivity contribution >= 4 is 15.9 Å². The van der Waals surface area contributed by atoms with Crippen LogP contribution < -0.4 is 10.0 Å². The van der Waals surface area contributed by atoms with Crippen LogP contribution in [0.2, 0.25) is 0 Å².